The number of non-ortho nitro benzene ring substituents is 2. The summed E-state index contributed by atoms with van der Waals surface area (Å²) >= 11 is 0. The van der Waals surface area contributed by atoms with Gasteiger partial charge >= 0.3 is 11.4 Å². The molecule has 0 heterocycles. The van der Waals surface area contributed by atoms with Crippen LogP contribution < -0.4 is 10.9 Å². The molecule has 19 heteroatoms. The Morgan fingerprint density at radius 2 is 1.31 bits per heavy atom. The minimum absolute atomic E-state index is 0.294. The van der Waals surface area contributed by atoms with Gasteiger partial charge in [-0.3, -0.25) is 51.3 Å². The van der Waals surface area contributed by atoms with Gasteiger partial charge in [0.05, 0.1) is 44.6 Å². The molecule has 0 unspecified atom stereocenters. The van der Waals surface area contributed by atoms with Crippen LogP contribution in [0.15, 0.2) is 46.6 Å². The second-order valence-electron chi connectivity index (χ2n) is 6.64. The average Bonchev–Trinajstić information content (AvgIpc) is 2.84. The Balaban J connectivity index is 2.39. The first-order valence-electron chi connectivity index (χ1n) is 9.41. The number of nitro groups is 4. The zero-order chi connectivity index (χ0) is 27.0. The highest BCUT2D eigenvalue weighted by atomic mass is 16.6. The lowest BCUT2D eigenvalue weighted by Crippen LogP contribution is -2.37. The van der Waals surface area contributed by atoms with E-state index < -0.39 is 67.0 Å². The number of anilines is 2. The first kappa shape index (κ1) is 27.1. The third kappa shape index (κ3) is 6.69. The van der Waals surface area contributed by atoms with E-state index in [1.165, 1.54) is 0 Å². The summed E-state index contributed by atoms with van der Waals surface area (Å²) in [4.78, 5) is 40.6. The number of nitrogens with one attached hydrogen (secondary N) is 2. The highest BCUT2D eigenvalue weighted by Crippen LogP contribution is 2.30. The summed E-state index contributed by atoms with van der Waals surface area (Å²) in [6.45, 7) is -0.938. The Labute approximate surface area is 198 Å². The maximum absolute atomic E-state index is 11.3. The number of hydrazone groups is 2. The molecule has 0 bridgehead atoms. The molecular formula is C17H16N8O11. The molecule has 0 spiro atoms. The fourth-order valence-electron chi connectivity index (χ4n) is 2.52. The van der Waals surface area contributed by atoms with Crippen molar-refractivity contribution in [3.05, 3.63) is 76.9 Å². The molecule has 0 saturated carbocycles. The number of benzene rings is 2. The summed E-state index contributed by atoms with van der Waals surface area (Å²) in [5.74, 6) is 0. The Morgan fingerprint density at radius 3 is 1.72 bits per heavy atom. The van der Waals surface area contributed by atoms with Crippen molar-refractivity contribution in [1.29, 1.82) is 0 Å². The van der Waals surface area contributed by atoms with Crippen LogP contribution in [-0.2, 0) is 0 Å². The van der Waals surface area contributed by atoms with Crippen molar-refractivity contribution >= 4 is 46.1 Å². The Bertz CT molecular complexity index is 1250. The van der Waals surface area contributed by atoms with Crippen molar-refractivity contribution in [1.82, 2.24) is 0 Å². The zero-order valence-corrected chi connectivity index (χ0v) is 17.7. The van der Waals surface area contributed by atoms with E-state index >= 15 is 0 Å². The van der Waals surface area contributed by atoms with E-state index in [2.05, 4.69) is 21.1 Å². The first-order chi connectivity index (χ1) is 17.0. The van der Waals surface area contributed by atoms with Crippen LogP contribution in [0, 0.1) is 40.5 Å². The molecule has 5 N–H and O–H groups in total. The van der Waals surface area contributed by atoms with Crippen molar-refractivity contribution in [2.75, 3.05) is 17.5 Å². The van der Waals surface area contributed by atoms with E-state index in [9.17, 15) is 50.7 Å². The zero-order valence-electron chi connectivity index (χ0n) is 17.7. The molecule has 36 heavy (non-hydrogen) atoms. The monoisotopic (exact) mass is 508 g/mol. The maximum Gasteiger partial charge on any atom is 0.301 e. The van der Waals surface area contributed by atoms with E-state index in [1.807, 2.05) is 0 Å². The standard InChI is InChI=1S/C17H16N8O11/c26-8-16(27)17(28)13(21-20-12-4-2-10(23(31)32)6-15(12)25(35)36)7-18-19-11-3-1-9(22(29)30)5-14(11)24(33)34/h1-7,16-17,19-20,26-28H,8H2/b18-7-,21-13-/t16-,17+/m1/s1. The predicted octanol–water partition coefficient (Wildman–Crippen LogP) is 0.899. The normalized spacial score (nSPS) is 13.1. The van der Waals surface area contributed by atoms with Crippen molar-refractivity contribution in [3.63, 3.8) is 0 Å². The largest absolute Gasteiger partial charge is 0.394 e. The number of rotatable bonds is 12. The molecule has 190 valence electrons. The predicted molar refractivity (Wildman–Crippen MR) is 122 cm³/mol. The van der Waals surface area contributed by atoms with Gasteiger partial charge in [-0.25, -0.2) is 0 Å². The summed E-state index contributed by atoms with van der Waals surface area (Å²) in [6, 6.07) is 5.17. The van der Waals surface area contributed by atoms with Crippen LogP contribution in [0.25, 0.3) is 0 Å². The van der Waals surface area contributed by atoms with Gasteiger partial charge in [-0.15, -0.1) is 0 Å². The van der Waals surface area contributed by atoms with Gasteiger partial charge in [0.15, 0.2) is 0 Å². The number of hydrogen-bond donors (Lipinski definition) is 5. The molecule has 0 saturated heterocycles. The molecule has 0 radical (unpaired) electrons. The van der Waals surface area contributed by atoms with Gasteiger partial charge in [0.25, 0.3) is 11.4 Å². The molecule has 0 aliphatic rings. The molecule has 19 nitrogen and oxygen atoms in total. The van der Waals surface area contributed by atoms with Crippen LogP contribution in [0.3, 0.4) is 0 Å². The summed E-state index contributed by atoms with van der Waals surface area (Å²) in [5, 5.41) is 80.4. The van der Waals surface area contributed by atoms with Crippen LogP contribution >= 0.6 is 0 Å². The molecule has 0 aromatic heterocycles. The first-order valence-corrected chi connectivity index (χ1v) is 9.41. The van der Waals surface area contributed by atoms with Crippen molar-refractivity contribution < 1.29 is 35.0 Å². The molecule has 0 aliphatic heterocycles. The molecule has 2 rings (SSSR count). The summed E-state index contributed by atoms with van der Waals surface area (Å²) in [5.41, 5.74) is 0.612. The third-order valence-corrected chi connectivity index (χ3v) is 4.32. The fourth-order valence-corrected chi connectivity index (χ4v) is 2.52. The average molecular weight is 508 g/mol. The highest BCUT2D eigenvalue weighted by molar-refractivity contribution is 6.33. The van der Waals surface area contributed by atoms with Crippen molar-refractivity contribution in [2.45, 2.75) is 12.2 Å². The quantitative estimate of drug-likeness (QED) is 0.151. The summed E-state index contributed by atoms with van der Waals surface area (Å²) in [7, 11) is 0. The van der Waals surface area contributed by atoms with E-state index in [-0.39, 0.29) is 11.4 Å². The maximum atomic E-state index is 11.3. The van der Waals surface area contributed by atoms with E-state index in [1.54, 1.807) is 0 Å². The van der Waals surface area contributed by atoms with Gasteiger partial charge in [0, 0.05) is 12.1 Å². The van der Waals surface area contributed by atoms with Crippen molar-refractivity contribution in [2.24, 2.45) is 10.2 Å². The molecule has 2 aromatic rings. The number of aliphatic hydroxyl groups excluding tert-OH is 3. The van der Waals surface area contributed by atoms with Crippen LogP contribution in [0.2, 0.25) is 0 Å². The van der Waals surface area contributed by atoms with Gasteiger partial charge in [0.1, 0.15) is 29.3 Å². The van der Waals surface area contributed by atoms with Crippen molar-refractivity contribution in [3.8, 4) is 0 Å². The Morgan fingerprint density at radius 1 is 0.833 bits per heavy atom. The molecule has 0 fully saturated rings. The van der Waals surface area contributed by atoms with Gasteiger partial charge in [-0.1, -0.05) is 0 Å². The van der Waals surface area contributed by atoms with E-state index in [0.29, 0.717) is 12.1 Å². The molecule has 2 atom stereocenters. The lowest BCUT2D eigenvalue weighted by molar-refractivity contribution is -0.393. The number of nitrogens with zero attached hydrogens (tertiary/aromatic N) is 6. The smallest absolute Gasteiger partial charge is 0.301 e. The molecule has 0 amide bonds. The molecule has 2 aromatic carbocycles. The minimum Gasteiger partial charge on any atom is -0.394 e. The van der Waals surface area contributed by atoms with Gasteiger partial charge < -0.3 is 15.3 Å². The fraction of sp³-hybridized carbons (Fsp3) is 0.176. The molecule has 0 aliphatic carbocycles. The lowest BCUT2D eigenvalue weighted by Gasteiger charge is -2.15. The highest BCUT2D eigenvalue weighted by Gasteiger charge is 2.23. The van der Waals surface area contributed by atoms with Crippen LogP contribution in [-0.4, -0.2) is 65.8 Å². The third-order valence-electron chi connectivity index (χ3n) is 4.32. The van der Waals surface area contributed by atoms with Gasteiger partial charge in [0.2, 0.25) is 0 Å². The van der Waals surface area contributed by atoms with Crippen LogP contribution in [0.4, 0.5) is 34.1 Å². The minimum atomic E-state index is -1.92. The number of hydrogen-bond acceptors (Lipinski definition) is 15. The van der Waals surface area contributed by atoms with E-state index in [0.717, 1.165) is 30.5 Å². The second-order valence-corrected chi connectivity index (χ2v) is 6.64. The Hall–Kier alpha value is -5.14. The summed E-state index contributed by atoms with van der Waals surface area (Å²) in [6.07, 6.45) is -2.98. The Kier molecular flexibility index (Phi) is 8.90. The topological polar surface area (TPSA) is 282 Å². The van der Waals surface area contributed by atoms with E-state index in [4.69, 9.17) is 5.11 Å². The second kappa shape index (κ2) is 11.8. The molecular weight excluding hydrogens is 492 g/mol. The number of aliphatic hydroxyl groups is 3. The van der Waals surface area contributed by atoms with Crippen LogP contribution in [0.5, 0.6) is 0 Å². The van der Waals surface area contributed by atoms with Gasteiger partial charge in [-0.2, -0.15) is 10.2 Å². The van der Waals surface area contributed by atoms with Gasteiger partial charge in [-0.05, 0) is 12.1 Å². The summed E-state index contributed by atoms with van der Waals surface area (Å²) < 4.78 is 0. The van der Waals surface area contributed by atoms with Crippen LogP contribution in [0.1, 0.15) is 0 Å². The lowest BCUT2D eigenvalue weighted by atomic mass is 10.1. The SMILES string of the molecule is O=[N+]([O-])c1ccc(N/N=C\C(=N\Nc2ccc([N+](=O)[O-])cc2[N+](=O)[O-])[C@H](O)[C@H](O)CO)c([N+](=O)[O-])c1. The number of nitro benzene ring substituents is 4.